The molecule has 0 heterocycles. The van der Waals surface area contributed by atoms with E-state index in [0.717, 1.165) is 11.3 Å². The molecule has 5 heteroatoms. The molecule has 5 N–H and O–H groups in total. The molecule has 1 aromatic rings. The molecule has 0 atom stereocenters. The molecule has 0 aliphatic heterocycles. The van der Waals surface area contributed by atoms with Gasteiger partial charge in [-0.1, -0.05) is 12.1 Å². The number of hydrogen-bond donors (Lipinski definition) is 4. The van der Waals surface area contributed by atoms with E-state index < -0.39 is 0 Å². The first-order valence-corrected chi connectivity index (χ1v) is 5.46. The van der Waals surface area contributed by atoms with Gasteiger partial charge in [0.15, 0.2) is 0 Å². The van der Waals surface area contributed by atoms with Crippen molar-refractivity contribution in [2.75, 3.05) is 5.32 Å². The average molecular weight is 234 g/mol. The maximum Gasteiger partial charge on any atom is 0.319 e. The number of anilines is 1. The van der Waals surface area contributed by atoms with Crippen LogP contribution in [0.4, 0.5) is 10.5 Å². The molecule has 92 valence electrons. The molecular formula is C12H18N4O. The molecule has 1 aromatic carbocycles. The van der Waals surface area contributed by atoms with Crippen LogP contribution in [0.1, 0.15) is 19.4 Å². The first-order valence-electron chi connectivity index (χ1n) is 5.46. The Hall–Kier alpha value is -2.04. The lowest BCUT2D eigenvalue weighted by Crippen LogP contribution is -2.34. The van der Waals surface area contributed by atoms with Crippen molar-refractivity contribution in [2.45, 2.75) is 26.3 Å². The van der Waals surface area contributed by atoms with Gasteiger partial charge >= 0.3 is 6.03 Å². The highest BCUT2D eigenvalue weighted by Gasteiger charge is 2.03. The lowest BCUT2D eigenvalue weighted by Gasteiger charge is -2.10. The number of nitrogens with two attached hydrogens (primary N) is 1. The van der Waals surface area contributed by atoms with Gasteiger partial charge in [-0.05, 0) is 31.5 Å². The summed E-state index contributed by atoms with van der Waals surface area (Å²) >= 11 is 0. The zero-order valence-corrected chi connectivity index (χ0v) is 10.1. The van der Waals surface area contributed by atoms with Crippen LogP contribution >= 0.6 is 0 Å². The number of nitrogens with one attached hydrogen (secondary N) is 3. The highest BCUT2D eigenvalue weighted by molar-refractivity contribution is 5.89. The van der Waals surface area contributed by atoms with Crippen LogP contribution in [0, 0.1) is 5.41 Å². The Balaban J connectivity index is 2.56. The second kappa shape index (κ2) is 5.89. The summed E-state index contributed by atoms with van der Waals surface area (Å²) in [6, 6.07) is 7.14. The Morgan fingerprint density at radius 3 is 2.41 bits per heavy atom. The fourth-order valence-corrected chi connectivity index (χ4v) is 1.36. The van der Waals surface area contributed by atoms with E-state index in [1.165, 1.54) is 0 Å². The summed E-state index contributed by atoms with van der Waals surface area (Å²) < 4.78 is 0. The van der Waals surface area contributed by atoms with Crippen molar-refractivity contribution >= 4 is 17.6 Å². The molecule has 5 nitrogen and oxygen atoms in total. The Morgan fingerprint density at radius 2 is 1.94 bits per heavy atom. The van der Waals surface area contributed by atoms with E-state index in [1.54, 1.807) is 12.1 Å². The van der Waals surface area contributed by atoms with Crippen LogP contribution in [0.25, 0.3) is 0 Å². The van der Waals surface area contributed by atoms with Crippen LogP contribution < -0.4 is 16.4 Å². The third-order valence-electron chi connectivity index (χ3n) is 2.03. The number of hydrogen-bond acceptors (Lipinski definition) is 2. The monoisotopic (exact) mass is 234 g/mol. The van der Waals surface area contributed by atoms with Gasteiger partial charge in [-0.3, -0.25) is 5.41 Å². The van der Waals surface area contributed by atoms with E-state index in [2.05, 4.69) is 10.6 Å². The van der Waals surface area contributed by atoms with E-state index in [0.29, 0.717) is 6.42 Å². The topological polar surface area (TPSA) is 91.0 Å². The molecule has 0 saturated heterocycles. The minimum Gasteiger partial charge on any atom is -0.387 e. The summed E-state index contributed by atoms with van der Waals surface area (Å²) in [5.74, 6) is 0.128. The van der Waals surface area contributed by atoms with E-state index in [1.807, 2.05) is 26.0 Å². The van der Waals surface area contributed by atoms with Crippen molar-refractivity contribution in [3.8, 4) is 0 Å². The molecule has 0 saturated carbocycles. The molecule has 0 unspecified atom stereocenters. The number of amides is 2. The van der Waals surface area contributed by atoms with Gasteiger partial charge in [0.1, 0.15) is 0 Å². The van der Waals surface area contributed by atoms with Gasteiger partial charge in [0, 0.05) is 18.2 Å². The third kappa shape index (κ3) is 5.01. The number of urea groups is 1. The number of rotatable bonds is 4. The van der Waals surface area contributed by atoms with Gasteiger partial charge in [0.05, 0.1) is 5.84 Å². The Morgan fingerprint density at radius 1 is 1.35 bits per heavy atom. The molecule has 17 heavy (non-hydrogen) atoms. The largest absolute Gasteiger partial charge is 0.387 e. The zero-order valence-electron chi connectivity index (χ0n) is 10.1. The summed E-state index contributed by atoms with van der Waals surface area (Å²) in [7, 11) is 0. The second-order valence-corrected chi connectivity index (χ2v) is 4.15. The molecule has 0 spiro atoms. The van der Waals surface area contributed by atoms with Crippen molar-refractivity contribution in [1.29, 1.82) is 5.41 Å². The van der Waals surface area contributed by atoms with Crippen molar-refractivity contribution in [2.24, 2.45) is 5.73 Å². The van der Waals surface area contributed by atoms with E-state index in [4.69, 9.17) is 11.1 Å². The van der Waals surface area contributed by atoms with Crippen LogP contribution in [0.5, 0.6) is 0 Å². The summed E-state index contributed by atoms with van der Waals surface area (Å²) in [5, 5.41) is 12.6. The van der Waals surface area contributed by atoms with E-state index in [9.17, 15) is 4.79 Å². The Bertz CT molecular complexity index is 397. The maximum absolute atomic E-state index is 11.4. The van der Waals surface area contributed by atoms with Crippen LogP contribution in [0.2, 0.25) is 0 Å². The fourth-order valence-electron chi connectivity index (χ4n) is 1.36. The smallest absolute Gasteiger partial charge is 0.319 e. The minimum atomic E-state index is -0.223. The summed E-state index contributed by atoms with van der Waals surface area (Å²) in [5.41, 5.74) is 6.97. The predicted molar refractivity (Wildman–Crippen MR) is 69.4 cm³/mol. The lowest BCUT2D eigenvalue weighted by molar-refractivity contribution is 0.250. The standard InChI is InChI=1S/C12H18N4O/c1-8(2)15-12(17)16-10-5-3-9(4-6-10)7-11(13)14/h3-6,8H,7H2,1-2H3,(H3,13,14)(H2,15,16,17). The van der Waals surface area contributed by atoms with Gasteiger partial charge in [0.25, 0.3) is 0 Å². The van der Waals surface area contributed by atoms with Crippen molar-refractivity contribution < 1.29 is 4.79 Å². The van der Waals surface area contributed by atoms with Gasteiger partial charge in [-0.15, -0.1) is 0 Å². The van der Waals surface area contributed by atoms with Crippen LogP contribution in [-0.4, -0.2) is 17.9 Å². The fraction of sp³-hybridized carbons (Fsp3) is 0.333. The number of benzene rings is 1. The first kappa shape index (κ1) is 13.0. The quantitative estimate of drug-likeness (QED) is 0.471. The molecular weight excluding hydrogens is 216 g/mol. The number of carbonyl (C=O) groups is 1. The van der Waals surface area contributed by atoms with E-state index in [-0.39, 0.29) is 17.9 Å². The molecule has 0 aliphatic carbocycles. The summed E-state index contributed by atoms with van der Waals surface area (Å²) in [4.78, 5) is 11.4. The average Bonchev–Trinajstić information content (AvgIpc) is 2.18. The molecule has 0 fully saturated rings. The third-order valence-corrected chi connectivity index (χ3v) is 2.03. The molecule has 0 aromatic heterocycles. The highest BCUT2D eigenvalue weighted by Crippen LogP contribution is 2.09. The van der Waals surface area contributed by atoms with Gasteiger partial charge in [-0.25, -0.2) is 4.79 Å². The molecule has 0 radical (unpaired) electrons. The van der Waals surface area contributed by atoms with Crippen molar-refractivity contribution in [3.63, 3.8) is 0 Å². The van der Waals surface area contributed by atoms with Gasteiger partial charge in [-0.2, -0.15) is 0 Å². The summed E-state index contributed by atoms with van der Waals surface area (Å²) in [6.45, 7) is 3.80. The molecule has 2 amide bonds. The Kier molecular flexibility index (Phi) is 4.51. The lowest BCUT2D eigenvalue weighted by atomic mass is 10.1. The highest BCUT2D eigenvalue weighted by atomic mass is 16.2. The number of amidine groups is 1. The maximum atomic E-state index is 11.4. The summed E-state index contributed by atoms with van der Waals surface area (Å²) in [6.07, 6.45) is 0.429. The Labute approximate surface area is 101 Å². The van der Waals surface area contributed by atoms with Crippen molar-refractivity contribution in [1.82, 2.24) is 5.32 Å². The molecule has 1 rings (SSSR count). The predicted octanol–water partition coefficient (Wildman–Crippen LogP) is 1.69. The number of carbonyl (C=O) groups excluding carboxylic acids is 1. The SMILES string of the molecule is CC(C)NC(=O)Nc1ccc(CC(=N)N)cc1. The van der Waals surface area contributed by atoms with E-state index >= 15 is 0 Å². The van der Waals surface area contributed by atoms with Crippen molar-refractivity contribution in [3.05, 3.63) is 29.8 Å². The minimum absolute atomic E-state index is 0.104. The normalized spacial score (nSPS) is 10.1. The zero-order chi connectivity index (χ0) is 12.8. The molecule has 0 bridgehead atoms. The van der Waals surface area contributed by atoms with Crippen LogP contribution in [0.3, 0.4) is 0 Å². The van der Waals surface area contributed by atoms with Gasteiger partial charge in [0.2, 0.25) is 0 Å². The second-order valence-electron chi connectivity index (χ2n) is 4.15. The first-order chi connectivity index (χ1) is 7.97. The van der Waals surface area contributed by atoms with Gasteiger partial charge < -0.3 is 16.4 Å². The van der Waals surface area contributed by atoms with Crippen LogP contribution in [0.15, 0.2) is 24.3 Å². The van der Waals surface area contributed by atoms with Crippen LogP contribution in [-0.2, 0) is 6.42 Å². The molecule has 0 aliphatic rings.